The Balaban J connectivity index is 2.90. The average molecular weight is 310 g/mol. The quantitative estimate of drug-likeness (QED) is 0.698. The van der Waals surface area contributed by atoms with Gasteiger partial charge in [0.2, 0.25) is 0 Å². The molecular formula is C18H31NOS. The second-order valence-electron chi connectivity index (χ2n) is 5.85. The summed E-state index contributed by atoms with van der Waals surface area (Å²) in [4.78, 5) is 0. The van der Waals surface area contributed by atoms with Gasteiger partial charge < -0.3 is 5.32 Å². The molecule has 0 aliphatic heterocycles. The molecule has 0 aliphatic rings. The van der Waals surface area contributed by atoms with Crippen LogP contribution in [0.15, 0.2) is 30.3 Å². The highest BCUT2D eigenvalue weighted by molar-refractivity contribution is 7.85. The molecule has 1 aromatic rings. The van der Waals surface area contributed by atoms with Gasteiger partial charge in [-0.15, -0.1) is 0 Å². The lowest BCUT2D eigenvalue weighted by Crippen LogP contribution is -2.36. The van der Waals surface area contributed by atoms with E-state index in [9.17, 15) is 4.21 Å². The van der Waals surface area contributed by atoms with Gasteiger partial charge in [-0.3, -0.25) is 4.21 Å². The van der Waals surface area contributed by atoms with Crippen LogP contribution >= 0.6 is 0 Å². The van der Waals surface area contributed by atoms with E-state index in [0.29, 0.717) is 5.92 Å². The molecule has 4 unspecified atom stereocenters. The zero-order valence-electron chi connectivity index (χ0n) is 14.0. The Hall–Kier alpha value is -0.670. The first-order valence-corrected chi connectivity index (χ1v) is 9.67. The summed E-state index contributed by atoms with van der Waals surface area (Å²) >= 11 is 0. The van der Waals surface area contributed by atoms with Crippen molar-refractivity contribution >= 4 is 10.8 Å². The van der Waals surface area contributed by atoms with Gasteiger partial charge in [0.15, 0.2) is 0 Å². The third-order valence-electron chi connectivity index (χ3n) is 4.03. The Labute approximate surface area is 133 Å². The minimum absolute atomic E-state index is 0.188. The second-order valence-corrected chi connectivity index (χ2v) is 7.55. The molecule has 1 N–H and O–H groups in total. The van der Waals surface area contributed by atoms with Gasteiger partial charge in [0.05, 0.1) is 5.25 Å². The zero-order chi connectivity index (χ0) is 15.7. The number of hydrogen-bond acceptors (Lipinski definition) is 2. The third kappa shape index (κ3) is 5.91. The number of benzene rings is 1. The monoisotopic (exact) mass is 309 g/mol. The van der Waals surface area contributed by atoms with Crippen LogP contribution in [0.5, 0.6) is 0 Å². The first-order chi connectivity index (χ1) is 10.1. The van der Waals surface area contributed by atoms with Crippen LogP contribution in [0.4, 0.5) is 0 Å². The normalized spacial score (nSPS) is 17.1. The number of rotatable bonds is 10. The number of hydrogen-bond donors (Lipinski definition) is 1. The van der Waals surface area contributed by atoms with Crippen molar-refractivity contribution in [1.82, 2.24) is 5.32 Å². The summed E-state index contributed by atoms with van der Waals surface area (Å²) in [5.41, 5.74) is 1.26. The van der Waals surface area contributed by atoms with Gasteiger partial charge in [-0.2, -0.15) is 0 Å². The van der Waals surface area contributed by atoms with Crippen LogP contribution in [-0.2, 0) is 10.8 Å². The van der Waals surface area contributed by atoms with E-state index in [4.69, 9.17) is 0 Å². The van der Waals surface area contributed by atoms with Crippen LogP contribution in [-0.4, -0.2) is 21.8 Å². The second kappa shape index (κ2) is 10.1. The van der Waals surface area contributed by atoms with E-state index in [1.54, 1.807) is 0 Å². The van der Waals surface area contributed by atoms with Crippen LogP contribution in [0.1, 0.15) is 58.6 Å². The molecule has 21 heavy (non-hydrogen) atoms. The van der Waals surface area contributed by atoms with Crippen molar-refractivity contribution in [3.8, 4) is 0 Å². The maximum absolute atomic E-state index is 12.8. The standard InChI is InChI=1S/C18H31NOS/c1-5-13-19-18(16-11-9-8-10-12-16)17(7-3)21(20)14-15(4)6-2/h8-12,15,17-19H,5-7,13-14H2,1-4H3. The molecule has 0 spiro atoms. The highest BCUT2D eigenvalue weighted by Crippen LogP contribution is 2.24. The molecule has 0 aliphatic carbocycles. The van der Waals surface area contributed by atoms with E-state index in [0.717, 1.165) is 31.6 Å². The van der Waals surface area contributed by atoms with E-state index >= 15 is 0 Å². The van der Waals surface area contributed by atoms with Crippen molar-refractivity contribution in [2.75, 3.05) is 12.3 Å². The largest absolute Gasteiger partial charge is 0.309 e. The summed E-state index contributed by atoms with van der Waals surface area (Å²) < 4.78 is 12.8. The molecule has 0 bridgehead atoms. The molecule has 0 saturated heterocycles. The van der Waals surface area contributed by atoms with Gasteiger partial charge >= 0.3 is 0 Å². The Kier molecular flexibility index (Phi) is 8.86. The molecule has 0 amide bonds. The van der Waals surface area contributed by atoms with Gasteiger partial charge in [-0.25, -0.2) is 0 Å². The molecular weight excluding hydrogens is 278 g/mol. The van der Waals surface area contributed by atoms with Crippen LogP contribution < -0.4 is 5.32 Å². The molecule has 0 fully saturated rings. The first kappa shape index (κ1) is 18.4. The van der Waals surface area contributed by atoms with Crippen molar-refractivity contribution < 1.29 is 4.21 Å². The van der Waals surface area contributed by atoms with Gasteiger partial charge in [0.1, 0.15) is 0 Å². The van der Waals surface area contributed by atoms with Gasteiger partial charge in [0, 0.05) is 22.6 Å². The molecule has 0 heterocycles. The Morgan fingerprint density at radius 1 is 1.10 bits per heavy atom. The molecule has 0 aromatic heterocycles. The minimum Gasteiger partial charge on any atom is -0.309 e. The summed E-state index contributed by atoms with van der Waals surface area (Å²) in [6.45, 7) is 9.67. The smallest absolute Gasteiger partial charge is 0.0540 e. The topological polar surface area (TPSA) is 29.1 Å². The van der Waals surface area contributed by atoms with Crippen molar-refractivity contribution in [3.63, 3.8) is 0 Å². The molecule has 1 aromatic carbocycles. The van der Waals surface area contributed by atoms with Gasteiger partial charge in [-0.1, -0.05) is 64.4 Å². The predicted molar refractivity (Wildman–Crippen MR) is 94.0 cm³/mol. The maximum Gasteiger partial charge on any atom is 0.0540 e. The molecule has 3 heteroatoms. The fourth-order valence-corrected chi connectivity index (χ4v) is 4.49. The summed E-state index contributed by atoms with van der Waals surface area (Å²) in [6.07, 6.45) is 3.14. The van der Waals surface area contributed by atoms with Crippen LogP contribution in [0, 0.1) is 5.92 Å². The van der Waals surface area contributed by atoms with Gasteiger partial charge in [-0.05, 0) is 30.9 Å². The Morgan fingerprint density at radius 2 is 1.76 bits per heavy atom. The van der Waals surface area contributed by atoms with Crippen LogP contribution in [0.3, 0.4) is 0 Å². The maximum atomic E-state index is 12.8. The van der Waals surface area contributed by atoms with Gasteiger partial charge in [0.25, 0.3) is 0 Å². The minimum atomic E-state index is -0.784. The summed E-state index contributed by atoms with van der Waals surface area (Å²) in [5, 5.41) is 3.80. The van der Waals surface area contributed by atoms with Crippen molar-refractivity contribution in [3.05, 3.63) is 35.9 Å². The predicted octanol–water partition coefficient (Wildman–Crippen LogP) is 4.30. The Bertz CT molecular complexity index is 407. The molecule has 0 saturated carbocycles. The molecule has 4 atom stereocenters. The molecule has 1 rings (SSSR count). The molecule has 120 valence electrons. The fourth-order valence-electron chi connectivity index (χ4n) is 2.52. The van der Waals surface area contributed by atoms with Crippen LogP contribution in [0.2, 0.25) is 0 Å². The zero-order valence-corrected chi connectivity index (χ0v) is 14.8. The SMILES string of the molecule is CCCNC(c1ccccc1)C(CC)S(=O)CC(C)CC. The van der Waals surface area contributed by atoms with E-state index in [2.05, 4.69) is 57.3 Å². The molecule has 0 radical (unpaired) electrons. The summed E-state index contributed by atoms with van der Waals surface area (Å²) in [6, 6.07) is 10.7. The van der Waals surface area contributed by atoms with E-state index in [1.807, 2.05) is 6.07 Å². The van der Waals surface area contributed by atoms with Crippen LogP contribution in [0.25, 0.3) is 0 Å². The molecule has 2 nitrogen and oxygen atoms in total. The van der Waals surface area contributed by atoms with Crippen molar-refractivity contribution in [2.45, 2.75) is 58.2 Å². The first-order valence-electron chi connectivity index (χ1n) is 8.29. The lowest BCUT2D eigenvalue weighted by Gasteiger charge is -2.28. The lowest BCUT2D eigenvalue weighted by molar-refractivity contribution is 0.492. The van der Waals surface area contributed by atoms with Crippen molar-refractivity contribution in [2.24, 2.45) is 5.92 Å². The number of nitrogens with one attached hydrogen (secondary N) is 1. The summed E-state index contributed by atoms with van der Waals surface area (Å²) in [5.74, 6) is 1.34. The lowest BCUT2D eigenvalue weighted by atomic mass is 10.0. The summed E-state index contributed by atoms with van der Waals surface area (Å²) in [7, 11) is -0.784. The van der Waals surface area contributed by atoms with E-state index in [-0.39, 0.29) is 11.3 Å². The van der Waals surface area contributed by atoms with E-state index < -0.39 is 10.8 Å². The van der Waals surface area contributed by atoms with E-state index in [1.165, 1.54) is 5.56 Å². The highest BCUT2D eigenvalue weighted by atomic mass is 32.2. The third-order valence-corrected chi connectivity index (χ3v) is 6.21. The fraction of sp³-hybridized carbons (Fsp3) is 0.667. The average Bonchev–Trinajstić information content (AvgIpc) is 2.51. The van der Waals surface area contributed by atoms with Crippen molar-refractivity contribution in [1.29, 1.82) is 0 Å². The Morgan fingerprint density at radius 3 is 2.29 bits per heavy atom. The highest BCUT2D eigenvalue weighted by Gasteiger charge is 2.27.